The van der Waals surface area contributed by atoms with Gasteiger partial charge in [0.05, 0.1) is 29.1 Å². The minimum atomic E-state index is -0.449. The Kier molecular flexibility index (Phi) is 4.78. The van der Waals surface area contributed by atoms with Crippen molar-refractivity contribution in [2.24, 2.45) is 0 Å². The normalized spacial score (nSPS) is 18.8. The van der Waals surface area contributed by atoms with Gasteiger partial charge in [0.2, 0.25) is 0 Å². The fraction of sp³-hybridized carbons (Fsp3) is 0.588. The van der Waals surface area contributed by atoms with Crippen molar-refractivity contribution in [3.05, 3.63) is 23.8 Å². The van der Waals surface area contributed by atoms with E-state index in [0.717, 1.165) is 11.2 Å². The van der Waals surface area contributed by atoms with Gasteiger partial charge in [-0.05, 0) is 52.2 Å². The third kappa shape index (κ3) is 3.38. The second kappa shape index (κ2) is 6.17. The Labute approximate surface area is 139 Å². The highest BCUT2D eigenvalue weighted by Gasteiger charge is 2.51. The Balaban J connectivity index is 2.36. The Morgan fingerprint density at radius 3 is 2.22 bits per heavy atom. The van der Waals surface area contributed by atoms with Gasteiger partial charge in [0.25, 0.3) is 0 Å². The van der Waals surface area contributed by atoms with Crippen molar-refractivity contribution in [3.63, 3.8) is 0 Å². The molecular weight excluding hydrogens is 293 g/mol. The monoisotopic (exact) mass is 319 g/mol. The molecule has 0 bridgehead atoms. The molecule has 1 heterocycles. The number of carbonyl (C=O) groups excluding carboxylic acids is 1. The van der Waals surface area contributed by atoms with Gasteiger partial charge >= 0.3 is 13.1 Å². The molecule has 2 rings (SSSR count). The Morgan fingerprint density at radius 2 is 1.74 bits per heavy atom. The third-order valence-corrected chi connectivity index (χ3v) is 4.52. The standard InChI is InChI=1S/C17H26BNO4/c1-8-21-15(20)13-10-9-12(11-14(13)19(6)7)18-22-16(2,3)17(4,5)23-18/h9-11H,8H2,1-7H3. The molecule has 0 N–H and O–H groups in total. The van der Waals surface area contributed by atoms with Gasteiger partial charge in [-0.1, -0.05) is 6.07 Å². The molecule has 1 fully saturated rings. The van der Waals surface area contributed by atoms with Crippen LogP contribution in [0.25, 0.3) is 0 Å². The summed E-state index contributed by atoms with van der Waals surface area (Å²) in [6, 6.07) is 5.56. The minimum absolute atomic E-state index is 0.323. The smallest absolute Gasteiger partial charge is 0.462 e. The SMILES string of the molecule is CCOC(=O)c1ccc(B2OC(C)(C)C(C)(C)O2)cc1N(C)C. The van der Waals surface area contributed by atoms with E-state index in [1.807, 2.05) is 58.8 Å². The first-order chi connectivity index (χ1) is 10.6. The van der Waals surface area contributed by atoms with Gasteiger partial charge in [0.1, 0.15) is 0 Å². The molecule has 0 unspecified atom stereocenters. The molecule has 6 heteroatoms. The third-order valence-electron chi connectivity index (χ3n) is 4.52. The minimum Gasteiger partial charge on any atom is -0.462 e. The van der Waals surface area contributed by atoms with Crippen LogP contribution in [-0.4, -0.2) is 45.0 Å². The quantitative estimate of drug-likeness (QED) is 0.629. The van der Waals surface area contributed by atoms with E-state index in [0.29, 0.717) is 12.2 Å². The van der Waals surface area contributed by atoms with E-state index in [1.165, 1.54) is 0 Å². The van der Waals surface area contributed by atoms with Crippen LogP contribution in [0, 0.1) is 0 Å². The number of esters is 1. The highest BCUT2D eigenvalue weighted by atomic mass is 16.7. The van der Waals surface area contributed by atoms with Crippen molar-refractivity contribution in [2.45, 2.75) is 45.8 Å². The van der Waals surface area contributed by atoms with Crippen LogP contribution in [0.1, 0.15) is 45.0 Å². The summed E-state index contributed by atoms with van der Waals surface area (Å²) in [5.41, 5.74) is 1.43. The number of anilines is 1. The predicted molar refractivity (Wildman–Crippen MR) is 92.4 cm³/mol. The van der Waals surface area contributed by atoms with Gasteiger partial charge in [0.15, 0.2) is 0 Å². The van der Waals surface area contributed by atoms with E-state index in [-0.39, 0.29) is 5.97 Å². The maximum Gasteiger partial charge on any atom is 0.494 e. The van der Waals surface area contributed by atoms with Crippen LogP contribution < -0.4 is 10.4 Å². The van der Waals surface area contributed by atoms with E-state index in [1.54, 1.807) is 13.0 Å². The molecule has 0 aromatic heterocycles. The number of nitrogens with zero attached hydrogens (tertiary/aromatic N) is 1. The number of rotatable bonds is 4. The molecule has 0 atom stereocenters. The van der Waals surface area contributed by atoms with Crippen molar-refractivity contribution in [2.75, 3.05) is 25.6 Å². The lowest BCUT2D eigenvalue weighted by molar-refractivity contribution is 0.00578. The van der Waals surface area contributed by atoms with E-state index >= 15 is 0 Å². The molecule has 0 saturated carbocycles. The molecule has 1 aliphatic heterocycles. The second-order valence-corrected chi connectivity index (χ2v) is 6.98. The van der Waals surface area contributed by atoms with Crippen molar-refractivity contribution >= 4 is 24.2 Å². The summed E-state index contributed by atoms with van der Waals surface area (Å²) in [5, 5.41) is 0. The van der Waals surface area contributed by atoms with E-state index in [4.69, 9.17) is 14.0 Å². The summed E-state index contributed by atoms with van der Waals surface area (Å²) in [6.07, 6.45) is 0. The maximum absolute atomic E-state index is 12.1. The van der Waals surface area contributed by atoms with Gasteiger partial charge in [-0.3, -0.25) is 0 Å². The second-order valence-electron chi connectivity index (χ2n) is 6.98. The zero-order valence-electron chi connectivity index (χ0n) is 15.1. The fourth-order valence-corrected chi connectivity index (χ4v) is 2.43. The first-order valence-electron chi connectivity index (χ1n) is 7.93. The van der Waals surface area contributed by atoms with E-state index in [2.05, 4.69) is 0 Å². The van der Waals surface area contributed by atoms with Gasteiger partial charge in [-0.25, -0.2) is 4.79 Å². The summed E-state index contributed by atoms with van der Waals surface area (Å²) < 4.78 is 17.3. The molecule has 0 radical (unpaired) electrons. The average molecular weight is 319 g/mol. The summed E-state index contributed by atoms with van der Waals surface area (Å²) in [7, 11) is 3.34. The topological polar surface area (TPSA) is 48.0 Å². The summed E-state index contributed by atoms with van der Waals surface area (Å²) >= 11 is 0. The Bertz CT molecular complexity index is 582. The Hall–Kier alpha value is -1.53. The highest BCUT2D eigenvalue weighted by molar-refractivity contribution is 6.62. The highest BCUT2D eigenvalue weighted by Crippen LogP contribution is 2.36. The molecular formula is C17H26BNO4. The van der Waals surface area contributed by atoms with Gasteiger partial charge in [0, 0.05) is 14.1 Å². The van der Waals surface area contributed by atoms with Gasteiger partial charge in [-0.15, -0.1) is 0 Å². The summed E-state index contributed by atoms with van der Waals surface area (Å²) in [6.45, 7) is 10.2. The van der Waals surface area contributed by atoms with Gasteiger partial charge < -0.3 is 18.9 Å². The fourth-order valence-electron chi connectivity index (χ4n) is 2.43. The molecule has 1 aliphatic rings. The molecule has 1 aromatic rings. The number of ether oxygens (including phenoxy) is 1. The number of hydrogen-bond acceptors (Lipinski definition) is 5. The molecule has 5 nitrogen and oxygen atoms in total. The lowest BCUT2D eigenvalue weighted by atomic mass is 9.78. The number of benzene rings is 1. The largest absolute Gasteiger partial charge is 0.494 e. The van der Waals surface area contributed by atoms with Crippen LogP contribution in [0.3, 0.4) is 0 Å². The molecule has 0 amide bonds. The zero-order chi connectivity index (χ0) is 17.4. The molecule has 1 aromatic carbocycles. The van der Waals surface area contributed by atoms with Crippen LogP contribution in [-0.2, 0) is 14.0 Å². The van der Waals surface area contributed by atoms with Crippen LogP contribution >= 0.6 is 0 Å². The molecule has 126 valence electrons. The lowest BCUT2D eigenvalue weighted by Crippen LogP contribution is -2.41. The molecule has 0 aliphatic carbocycles. The summed E-state index contributed by atoms with van der Waals surface area (Å²) in [5.74, 6) is -0.323. The van der Waals surface area contributed by atoms with Crippen LogP contribution in [0.2, 0.25) is 0 Å². The molecule has 0 spiro atoms. The first kappa shape index (κ1) is 17.8. The van der Waals surface area contributed by atoms with Crippen molar-refractivity contribution in [1.82, 2.24) is 0 Å². The molecule has 1 saturated heterocycles. The Morgan fingerprint density at radius 1 is 1.17 bits per heavy atom. The molecule has 23 heavy (non-hydrogen) atoms. The van der Waals surface area contributed by atoms with Gasteiger partial charge in [-0.2, -0.15) is 0 Å². The van der Waals surface area contributed by atoms with Crippen LogP contribution in [0.4, 0.5) is 5.69 Å². The zero-order valence-corrected chi connectivity index (χ0v) is 15.1. The van der Waals surface area contributed by atoms with Crippen molar-refractivity contribution in [1.29, 1.82) is 0 Å². The van der Waals surface area contributed by atoms with Crippen LogP contribution in [0.5, 0.6) is 0 Å². The number of hydrogen-bond donors (Lipinski definition) is 0. The maximum atomic E-state index is 12.1. The predicted octanol–water partition coefficient (Wildman–Crippen LogP) is 2.23. The summed E-state index contributed by atoms with van der Waals surface area (Å²) in [4.78, 5) is 14.0. The van der Waals surface area contributed by atoms with Crippen molar-refractivity contribution < 1.29 is 18.8 Å². The number of carbonyl (C=O) groups is 1. The van der Waals surface area contributed by atoms with E-state index in [9.17, 15) is 4.79 Å². The van der Waals surface area contributed by atoms with E-state index < -0.39 is 18.3 Å². The average Bonchev–Trinajstić information content (AvgIpc) is 2.67. The first-order valence-corrected chi connectivity index (χ1v) is 7.93. The van der Waals surface area contributed by atoms with Crippen LogP contribution in [0.15, 0.2) is 18.2 Å². The lowest BCUT2D eigenvalue weighted by Gasteiger charge is -2.32. The van der Waals surface area contributed by atoms with Crippen molar-refractivity contribution in [3.8, 4) is 0 Å².